The van der Waals surface area contributed by atoms with E-state index < -0.39 is 0 Å². The number of aliphatic hydroxyl groups excluding tert-OH is 1. The van der Waals surface area contributed by atoms with Crippen LogP contribution in [0.5, 0.6) is 5.75 Å². The number of guanidine groups is 1. The number of rotatable bonds is 9. The number of nitrogens with zero attached hydrogens (tertiary/aromatic N) is 2. The molecule has 1 aliphatic rings. The molecule has 0 spiro atoms. The average Bonchev–Trinajstić information content (AvgIpc) is 3.32. The molecule has 1 atom stereocenters. The van der Waals surface area contributed by atoms with Gasteiger partial charge >= 0.3 is 0 Å². The van der Waals surface area contributed by atoms with Crippen molar-refractivity contribution in [3.63, 3.8) is 0 Å². The van der Waals surface area contributed by atoms with E-state index in [0.29, 0.717) is 6.54 Å². The molecule has 1 heterocycles. The van der Waals surface area contributed by atoms with Gasteiger partial charge in [-0.05, 0) is 50.0 Å². The number of benzene rings is 2. The zero-order valence-electron chi connectivity index (χ0n) is 18.1. The molecule has 6 heteroatoms. The standard InChI is InChI=1S/C24H34N4O2/c1-3-25-24(26-16-19-10-4-5-11-20(19)18-29)27-17-22(28-14-8-9-15-28)21-12-6-7-13-23(21)30-2/h4-7,10-13,22,29H,3,8-9,14-18H2,1-2H3,(H2,25,26,27). The first-order valence-electron chi connectivity index (χ1n) is 10.8. The zero-order valence-corrected chi connectivity index (χ0v) is 18.1. The van der Waals surface area contributed by atoms with Gasteiger partial charge in [-0.25, -0.2) is 4.99 Å². The summed E-state index contributed by atoms with van der Waals surface area (Å²) in [6, 6.07) is 16.4. The van der Waals surface area contributed by atoms with Gasteiger partial charge in [0.15, 0.2) is 5.96 Å². The SMILES string of the molecule is CCNC(=NCc1ccccc1CO)NCC(c1ccccc1OC)N1CCCC1. The maximum absolute atomic E-state index is 9.56. The van der Waals surface area contributed by atoms with Crippen molar-refractivity contribution in [2.24, 2.45) is 4.99 Å². The third-order valence-corrected chi connectivity index (χ3v) is 5.58. The molecule has 162 valence electrons. The number of nitrogens with one attached hydrogen (secondary N) is 2. The van der Waals surface area contributed by atoms with Crippen molar-refractivity contribution in [2.75, 3.05) is 33.3 Å². The molecule has 3 rings (SSSR count). The molecule has 0 bridgehead atoms. The van der Waals surface area contributed by atoms with Crippen LogP contribution in [0.4, 0.5) is 0 Å². The van der Waals surface area contributed by atoms with Crippen LogP contribution in [0.25, 0.3) is 0 Å². The number of methoxy groups -OCH3 is 1. The average molecular weight is 411 g/mol. The third-order valence-electron chi connectivity index (χ3n) is 5.58. The Balaban J connectivity index is 1.75. The van der Waals surface area contributed by atoms with Crippen LogP contribution in [0.15, 0.2) is 53.5 Å². The summed E-state index contributed by atoms with van der Waals surface area (Å²) in [7, 11) is 1.73. The zero-order chi connectivity index (χ0) is 21.2. The molecule has 0 aromatic heterocycles. The van der Waals surface area contributed by atoms with E-state index in [1.165, 1.54) is 18.4 Å². The predicted octanol–water partition coefficient (Wildman–Crippen LogP) is 3.08. The van der Waals surface area contributed by atoms with Crippen LogP contribution in [0.1, 0.15) is 42.5 Å². The van der Waals surface area contributed by atoms with Crippen LogP contribution in [-0.2, 0) is 13.2 Å². The fraction of sp³-hybridized carbons (Fsp3) is 0.458. The minimum atomic E-state index is 0.0283. The highest BCUT2D eigenvalue weighted by atomic mass is 16.5. The van der Waals surface area contributed by atoms with E-state index in [-0.39, 0.29) is 12.6 Å². The Morgan fingerprint density at radius 3 is 2.47 bits per heavy atom. The molecular weight excluding hydrogens is 376 g/mol. The van der Waals surface area contributed by atoms with Crippen LogP contribution in [0.3, 0.4) is 0 Å². The molecule has 0 radical (unpaired) electrons. The lowest BCUT2D eigenvalue weighted by atomic mass is 10.0. The van der Waals surface area contributed by atoms with Crippen molar-refractivity contribution >= 4 is 5.96 Å². The van der Waals surface area contributed by atoms with Gasteiger partial charge in [0.1, 0.15) is 5.75 Å². The van der Waals surface area contributed by atoms with E-state index in [1.807, 2.05) is 36.4 Å². The number of hydrogen-bond donors (Lipinski definition) is 3. The van der Waals surface area contributed by atoms with Gasteiger partial charge in [0.05, 0.1) is 26.3 Å². The summed E-state index contributed by atoms with van der Waals surface area (Å²) >= 11 is 0. The third kappa shape index (κ3) is 5.74. The Morgan fingerprint density at radius 2 is 1.77 bits per heavy atom. The predicted molar refractivity (Wildman–Crippen MR) is 122 cm³/mol. The maximum Gasteiger partial charge on any atom is 0.191 e. The van der Waals surface area contributed by atoms with E-state index >= 15 is 0 Å². The molecular formula is C24H34N4O2. The van der Waals surface area contributed by atoms with E-state index in [0.717, 1.165) is 49.0 Å². The number of aliphatic imine (C=N–C) groups is 1. The molecule has 1 fully saturated rings. The largest absolute Gasteiger partial charge is 0.496 e. The first kappa shape index (κ1) is 22.1. The van der Waals surface area contributed by atoms with Crippen molar-refractivity contribution in [1.82, 2.24) is 15.5 Å². The molecule has 3 N–H and O–H groups in total. The van der Waals surface area contributed by atoms with Gasteiger partial charge < -0.3 is 20.5 Å². The Bertz CT molecular complexity index is 818. The lowest BCUT2D eigenvalue weighted by Crippen LogP contribution is -2.42. The second kappa shape index (κ2) is 11.6. The Morgan fingerprint density at radius 1 is 1.07 bits per heavy atom. The Labute approximate surface area is 180 Å². The molecule has 1 saturated heterocycles. The second-order valence-corrected chi connectivity index (χ2v) is 7.50. The lowest BCUT2D eigenvalue weighted by Gasteiger charge is -2.30. The Kier molecular flexibility index (Phi) is 8.53. The summed E-state index contributed by atoms with van der Waals surface area (Å²) in [5.41, 5.74) is 3.16. The normalized spacial score (nSPS) is 15.8. The van der Waals surface area contributed by atoms with Gasteiger partial charge in [0, 0.05) is 18.7 Å². The number of aliphatic hydroxyl groups is 1. The molecule has 0 aliphatic carbocycles. The number of likely N-dealkylation sites (tertiary alicyclic amines) is 1. The molecule has 0 saturated carbocycles. The van der Waals surface area contributed by atoms with Gasteiger partial charge in [-0.15, -0.1) is 0 Å². The number of ether oxygens (including phenoxy) is 1. The molecule has 1 unspecified atom stereocenters. The molecule has 0 amide bonds. The highest BCUT2D eigenvalue weighted by molar-refractivity contribution is 5.79. The molecule has 2 aromatic carbocycles. The summed E-state index contributed by atoms with van der Waals surface area (Å²) in [5.74, 6) is 1.71. The summed E-state index contributed by atoms with van der Waals surface area (Å²) in [6.45, 7) is 6.35. The van der Waals surface area contributed by atoms with Gasteiger partial charge in [-0.1, -0.05) is 42.5 Å². The molecule has 6 nitrogen and oxygen atoms in total. The molecule has 2 aromatic rings. The van der Waals surface area contributed by atoms with Crippen LogP contribution in [0.2, 0.25) is 0 Å². The van der Waals surface area contributed by atoms with E-state index in [1.54, 1.807) is 7.11 Å². The summed E-state index contributed by atoms with van der Waals surface area (Å²) in [6.07, 6.45) is 2.47. The van der Waals surface area contributed by atoms with Crippen LogP contribution in [-0.4, -0.2) is 49.3 Å². The van der Waals surface area contributed by atoms with E-state index in [4.69, 9.17) is 9.73 Å². The van der Waals surface area contributed by atoms with Gasteiger partial charge in [0.25, 0.3) is 0 Å². The fourth-order valence-electron chi connectivity index (χ4n) is 4.00. The van der Waals surface area contributed by atoms with Crippen molar-refractivity contribution in [2.45, 2.75) is 39.0 Å². The minimum Gasteiger partial charge on any atom is -0.496 e. The smallest absolute Gasteiger partial charge is 0.191 e. The van der Waals surface area contributed by atoms with Crippen LogP contribution >= 0.6 is 0 Å². The van der Waals surface area contributed by atoms with E-state index in [9.17, 15) is 5.11 Å². The fourth-order valence-corrected chi connectivity index (χ4v) is 4.00. The van der Waals surface area contributed by atoms with E-state index in [2.05, 4.69) is 34.6 Å². The highest BCUT2D eigenvalue weighted by Gasteiger charge is 2.26. The molecule has 1 aliphatic heterocycles. The number of hydrogen-bond acceptors (Lipinski definition) is 4. The van der Waals surface area contributed by atoms with Gasteiger partial charge in [-0.3, -0.25) is 4.90 Å². The topological polar surface area (TPSA) is 69.1 Å². The van der Waals surface area contributed by atoms with Crippen LogP contribution < -0.4 is 15.4 Å². The summed E-state index contributed by atoms with van der Waals surface area (Å²) in [5, 5.41) is 16.4. The summed E-state index contributed by atoms with van der Waals surface area (Å²) in [4.78, 5) is 7.28. The highest BCUT2D eigenvalue weighted by Crippen LogP contribution is 2.31. The molecule has 30 heavy (non-hydrogen) atoms. The number of para-hydroxylation sites is 1. The Hall–Kier alpha value is -2.57. The van der Waals surface area contributed by atoms with Crippen molar-refractivity contribution < 1.29 is 9.84 Å². The minimum absolute atomic E-state index is 0.0283. The van der Waals surface area contributed by atoms with Crippen molar-refractivity contribution in [3.05, 3.63) is 65.2 Å². The summed E-state index contributed by atoms with van der Waals surface area (Å²) < 4.78 is 5.65. The first-order valence-corrected chi connectivity index (χ1v) is 10.8. The van der Waals surface area contributed by atoms with Gasteiger partial charge in [0.2, 0.25) is 0 Å². The monoisotopic (exact) mass is 410 g/mol. The first-order chi connectivity index (χ1) is 14.8. The quantitative estimate of drug-likeness (QED) is 0.438. The van der Waals surface area contributed by atoms with Crippen molar-refractivity contribution in [3.8, 4) is 5.75 Å². The van der Waals surface area contributed by atoms with Crippen molar-refractivity contribution in [1.29, 1.82) is 0 Å². The van der Waals surface area contributed by atoms with Gasteiger partial charge in [-0.2, -0.15) is 0 Å². The maximum atomic E-state index is 9.56. The van der Waals surface area contributed by atoms with Crippen LogP contribution in [0, 0.1) is 0 Å². The second-order valence-electron chi connectivity index (χ2n) is 7.50. The lowest BCUT2D eigenvalue weighted by molar-refractivity contribution is 0.239.